The highest BCUT2D eigenvalue weighted by atomic mass is 16.5. The molecule has 0 saturated heterocycles. The Labute approximate surface area is 231 Å². The zero-order chi connectivity index (χ0) is 27.6. The van der Waals surface area contributed by atoms with Gasteiger partial charge in [0.1, 0.15) is 11.6 Å². The van der Waals surface area contributed by atoms with Gasteiger partial charge in [-0.05, 0) is 73.2 Å². The second-order valence-corrected chi connectivity index (χ2v) is 9.68. The molecule has 4 rings (SSSR count). The van der Waals surface area contributed by atoms with E-state index in [0.717, 1.165) is 48.4 Å². The van der Waals surface area contributed by atoms with Crippen LogP contribution in [0.1, 0.15) is 60.8 Å². The number of rotatable bonds is 14. The quantitative estimate of drug-likeness (QED) is 0.191. The van der Waals surface area contributed by atoms with E-state index in [4.69, 9.17) is 19.2 Å². The maximum absolute atomic E-state index is 12.7. The molecule has 1 amide bonds. The summed E-state index contributed by atoms with van der Waals surface area (Å²) in [6.45, 7) is 6.45. The van der Waals surface area contributed by atoms with Crippen molar-refractivity contribution in [2.75, 3.05) is 27.4 Å². The SMILES string of the molecule is CCC(C)c1ccc(OCCCCn2c(CCNC(=O)c3ccc(OC)c(OC)c3)nc3ccccc32)cc1. The van der Waals surface area contributed by atoms with Crippen LogP contribution in [0.5, 0.6) is 17.2 Å². The van der Waals surface area contributed by atoms with Gasteiger partial charge in [0.2, 0.25) is 0 Å². The largest absolute Gasteiger partial charge is 0.494 e. The molecule has 3 aromatic carbocycles. The number of aromatic nitrogens is 2. The third-order valence-electron chi connectivity index (χ3n) is 7.12. The fourth-order valence-corrected chi connectivity index (χ4v) is 4.62. The Balaban J connectivity index is 1.31. The molecule has 0 spiro atoms. The highest BCUT2D eigenvalue weighted by Gasteiger charge is 2.13. The van der Waals surface area contributed by atoms with Crippen molar-refractivity contribution in [3.63, 3.8) is 0 Å². The number of para-hydroxylation sites is 2. The minimum Gasteiger partial charge on any atom is -0.494 e. The molecule has 0 radical (unpaired) electrons. The molecule has 1 heterocycles. The minimum atomic E-state index is -0.159. The van der Waals surface area contributed by atoms with Crippen LogP contribution >= 0.6 is 0 Å². The van der Waals surface area contributed by atoms with Gasteiger partial charge in [-0.3, -0.25) is 4.79 Å². The first kappa shape index (κ1) is 28.0. The Morgan fingerprint density at radius 2 is 1.74 bits per heavy atom. The van der Waals surface area contributed by atoms with Crippen molar-refractivity contribution in [3.8, 4) is 17.2 Å². The maximum Gasteiger partial charge on any atom is 0.251 e. The summed E-state index contributed by atoms with van der Waals surface area (Å²) in [4.78, 5) is 17.6. The summed E-state index contributed by atoms with van der Waals surface area (Å²) in [5, 5.41) is 3.01. The van der Waals surface area contributed by atoms with E-state index in [0.29, 0.717) is 42.6 Å². The summed E-state index contributed by atoms with van der Waals surface area (Å²) < 4.78 is 18.8. The molecule has 39 heavy (non-hydrogen) atoms. The lowest BCUT2D eigenvalue weighted by Gasteiger charge is -2.12. The number of methoxy groups -OCH3 is 2. The van der Waals surface area contributed by atoms with Gasteiger partial charge in [0.15, 0.2) is 11.5 Å². The first-order valence-electron chi connectivity index (χ1n) is 13.7. The summed E-state index contributed by atoms with van der Waals surface area (Å²) in [6, 6.07) is 21.8. The van der Waals surface area contributed by atoms with Crippen LogP contribution in [-0.2, 0) is 13.0 Å². The molecule has 4 aromatic rings. The molecular weight excluding hydrogens is 490 g/mol. The van der Waals surface area contributed by atoms with Crippen LogP contribution in [0.3, 0.4) is 0 Å². The number of ether oxygens (including phenoxy) is 3. The van der Waals surface area contributed by atoms with Crippen molar-refractivity contribution < 1.29 is 19.0 Å². The topological polar surface area (TPSA) is 74.6 Å². The average molecular weight is 530 g/mol. The lowest BCUT2D eigenvalue weighted by atomic mass is 9.99. The molecule has 1 unspecified atom stereocenters. The molecule has 0 aliphatic heterocycles. The molecule has 0 aliphatic rings. The predicted octanol–water partition coefficient (Wildman–Crippen LogP) is 6.40. The molecule has 7 nitrogen and oxygen atoms in total. The summed E-state index contributed by atoms with van der Waals surface area (Å²) >= 11 is 0. The fourth-order valence-electron chi connectivity index (χ4n) is 4.62. The molecule has 7 heteroatoms. The summed E-state index contributed by atoms with van der Waals surface area (Å²) in [5.41, 5.74) is 3.96. The van der Waals surface area contributed by atoms with Crippen molar-refractivity contribution in [1.82, 2.24) is 14.9 Å². The monoisotopic (exact) mass is 529 g/mol. The Morgan fingerprint density at radius 3 is 2.49 bits per heavy atom. The van der Waals surface area contributed by atoms with Crippen molar-refractivity contribution in [2.24, 2.45) is 0 Å². The Morgan fingerprint density at radius 1 is 0.974 bits per heavy atom. The number of amides is 1. The number of hydrogen-bond acceptors (Lipinski definition) is 5. The van der Waals surface area contributed by atoms with Gasteiger partial charge in [-0.2, -0.15) is 0 Å². The standard InChI is InChI=1S/C32H39N3O4/c1-5-23(2)24-12-15-26(16-13-24)39-21-9-8-20-35-28-11-7-6-10-27(28)34-31(35)18-19-33-32(36)25-14-17-29(37-3)30(22-25)38-4/h6-7,10-17,22-23H,5,8-9,18-21H2,1-4H3,(H,33,36). The highest BCUT2D eigenvalue weighted by Crippen LogP contribution is 2.27. The van der Waals surface area contributed by atoms with Gasteiger partial charge in [0, 0.05) is 25.1 Å². The molecule has 1 atom stereocenters. The van der Waals surface area contributed by atoms with Gasteiger partial charge in [-0.15, -0.1) is 0 Å². The number of benzene rings is 3. The molecule has 1 aromatic heterocycles. The number of nitrogens with one attached hydrogen (secondary N) is 1. The van der Waals surface area contributed by atoms with Crippen LogP contribution in [0.25, 0.3) is 11.0 Å². The number of carbonyl (C=O) groups excluding carboxylic acids is 1. The Hall–Kier alpha value is -4.00. The number of unbranched alkanes of at least 4 members (excludes halogenated alkanes) is 1. The molecule has 0 bridgehead atoms. The number of carbonyl (C=O) groups is 1. The highest BCUT2D eigenvalue weighted by molar-refractivity contribution is 5.94. The average Bonchev–Trinajstić information content (AvgIpc) is 3.33. The van der Waals surface area contributed by atoms with Gasteiger partial charge >= 0.3 is 0 Å². The number of aryl methyl sites for hydroxylation is 1. The second-order valence-electron chi connectivity index (χ2n) is 9.68. The number of hydrogen-bond donors (Lipinski definition) is 1. The summed E-state index contributed by atoms with van der Waals surface area (Å²) in [7, 11) is 3.13. The van der Waals surface area contributed by atoms with Crippen LogP contribution in [-0.4, -0.2) is 42.8 Å². The number of imidazole rings is 1. The number of nitrogens with zero attached hydrogens (tertiary/aromatic N) is 2. The fraction of sp³-hybridized carbons (Fsp3) is 0.375. The van der Waals surface area contributed by atoms with Gasteiger partial charge in [-0.25, -0.2) is 4.98 Å². The van der Waals surface area contributed by atoms with Crippen LogP contribution in [0.4, 0.5) is 0 Å². The predicted molar refractivity (Wildman–Crippen MR) is 155 cm³/mol. The Kier molecular flexibility index (Phi) is 9.84. The second kappa shape index (κ2) is 13.7. The third kappa shape index (κ3) is 7.11. The van der Waals surface area contributed by atoms with Crippen LogP contribution < -0.4 is 19.5 Å². The lowest BCUT2D eigenvalue weighted by molar-refractivity contribution is 0.0953. The van der Waals surface area contributed by atoms with E-state index in [1.807, 2.05) is 18.2 Å². The van der Waals surface area contributed by atoms with Crippen molar-refractivity contribution in [3.05, 3.63) is 83.7 Å². The Bertz CT molecular complexity index is 1360. The molecule has 0 aliphatic carbocycles. The first-order chi connectivity index (χ1) is 19.0. The first-order valence-corrected chi connectivity index (χ1v) is 13.7. The molecule has 206 valence electrons. The zero-order valence-electron chi connectivity index (χ0n) is 23.4. The van der Waals surface area contributed by atoms with Crippen LogP contribution in [0, 0.1) is 0 Å². The molecule has 0 saturated carbocycles. The van der Waals surface area contributed by atoms with E-state index < -0.39 is 0 Å². The van der Waals surface area contributed by atoms with Crippen molar-refractivity contribution in [1.29, 1.82) is 0 Å². The minimum absolute atomic E-state index is 0.159. The van der Waals surface area contributed by atoms with Gasteiger partial charge in [0.05, 0.1) is 31.9 Å². The lowest BCUT2D eigenvalue weighted by Crippen LogP contribution is -2.26. The van der Waals surface area contributed by atoms with Gasteiger partial charge < -0.3 is 24.1 Å². The summed E-state index contributed by atoms with van der Waals surface area (Å²) in [5.74, 6) is 3.41. The van der Waals surface area contributed by atoms with Crippen molar-refractivity contribution >= 4 is 16.9 Å². The zero-order valence-corrected chi connectivity index (χ0v) is 23.4. The van der Waals surface area contributed by atoms with Gasteiger partial charge in [0.25, 0.3) is 5.91 Å². The van der Waals surface area contributed by atoms with E-state index in [-0.39, 0.29) is 5.91 Å². The number of fused-ring (bicyclic) bond motifs is 1. The summed E-state index contributed by atoms with van der Waals surface area (Å²) in [6.07, 6.45) is 3.67. The van der Waals surface area contributed by atoms with Crippen molar-refractivity contribution in [2.45, 2.75) is 52.0 Å². The van der Waals surface area contributed by atoms with E-state index in [9.17, 15) is 4.79 Å². The van der Waals surface area contributed by atoms with E-state index in [1.54, 1.807) is 32.4 Å². The van der Waals surface area contributed by atoms with E-state index in [1.165, 1.54) is 5.56 Å². The van der Waals surface area contributed by atoms with Crippen LogP contribution in [0.15, 0.2) is 66.7 Å². The van der Waals surface area contributed by atoms with E-state index in [2.05, 4.69) is 54.1 Å². The maximum atomic E-state index is 12.7. The normalized spacial score (nSPS) is 11.8. The third-order valence-corrected chi connectivity index (χ3v) is 7.12. The van der Waals surface area contributed by atoms with Gasteiger partial charge in [-0.1, -0.05) is 38.1 Å². The van der Waals surface area contributed by atoms with Crippen LogP contribution in [0.2, 0.25) is 0 Å². The molecule has 0 fully saturated rings. The molecular formula is C32H39N3O4. The molecule has 1 N–H and O–H groups in total. The smallest absolute Gasteiger partial charge is 0.251 e. The van der Waals surface area contributed by atoms with E-state index >= 15 is 0 Å².